The summed E-state index contributed by atoms with van der Waals surface area (Å²) in [5, 5.41) is 1.31. The maximum Gasteiger partial charge on any atom is 0.0457 e. The average molecular weight is 222 g/mol. The molecule has 0 saturated carbocycles. The molecular weight excluding hydrogens is 204 g/mol. The van der Waals surface area contributed by atoms with Gasteiger partial charge in [-0.05, 0) is 49.7 Å². The largest absolute Gasteiger partial charge is 0.361 e. The van der Waals surface area contributed by atoms with E-state index in [-0.39, 0.29) is 0 Å². The van der Waals surface area contributed by atoms with Gasteiger partial charge >= 0.3 is 0 Å². The zero-order valence-electron chi connectivity index (χ0n) is 9.72. The molecule has 0 spiro atoms. The number of hydrogen-bond acceptors (Lipinski definition) is 2. The van der Waals surface area contributed by atoms with Crippen LogP contribution in [0.2, 0.25) is 0 Å². The second-order valence-corrected chi connectivity index (χ2v) is 4.07. The lowest BCUT2D eigenvalue weighted by atomic mass is 10.2. The highest BCUT2D eigenvalue weighted by Gasteiger charge is 2.00. The van der Waals surface area contributed by atoms with Crippen molar-refractivity contribution in [3.63, 3.8) is 0 Å². The first-order chi connectivity index (χ1) is 7.31. The van der Waals surface area contributed by atoms with Gasteiger partial charge < -0.3 is 4.98 Å². The molecular formula is C12H18N2S. The molecule has 0 unspecified atom stereocenters. The summed E-state index contributed by atoms with van der Waals surface area (Å²) >= 11 is 1.64. The fourth-order valence-corrected chi connectivity index (χ4v) is 1.97. The van der Waals surface area contributed by atoms with Gasteiger partial charge in [-0.2, -0.15) is 0 Å². The van der Waals surface area contributed by atoms with E-state index in [0.29, 0.717) is 0 Å². The lowest BCUT2D eigenvalue weighted by Gasteiger charge is -1.99. The minimum Gasteiger partial charge on any atom is -0.361 e. The lowest BCUT2D eigenvalue weighted by Crippen LogP contribution is -1.89. The highest BCUT2D eigenvalue weighted by molar-refractivity contribution is 7.97. The Balaban J connectivity index is 0.000000531. The van der Waals surface area contributed by atoms with E-state index in [1.165, 1.54) is 21.4 Å². The highest BCUT2D eigenvalue weighted by atomic mass is 32.2. The van der Waals surface area contributed by atoms with E-state index in [9.17, 15) is 0 Å². The Kier molecular flexibility index (Phi) is 4.72. The van der Waals surface area contributed by atoms with E-state index in [1.54, 1.807) is 11.9 Å². The molecule has 82 valence electrons. The number of aromatic nitrogens is 1. The number of hydrogen-bond donors (Lipinski definition) is 2. The smallest absolute Gasteiger partial charge is 0.0457 e. The van der Waals surface area contributed by atoms with Gasteiger partial charge in [-0.1, -0.05) is 13.8 Å². The topological polar surface area (TPSA) is 27.8 Å². The van der Waals surface area contributed by atoms with Crippen molar-refractivity contribution in [3.05, 3.63) is 30.0 Å². The zero-order chi connectivity index (χ0) is 11.3. The molecule has 2 rings (SSSR count). The molecule has 1 aromatic carbocycles. The van der Waals surface area contributed by atoms with Crippen molar-refractivity contribution in [2.75, 3.05) is 7.05 Å². The maximum atomic E-state index is 3.23. The fourth-order valence-electron chi connectivity index (χ4n) is 1.42. The summed E-state index contributed by atoms with van der Waals surface area (Å²) in [6.07, 6.45) is 2.04. The van der Waals surface area contributed by atoms with Gasteiger partial charge in [0, 0.05) is 22.0 Å². The molecule has 1 heterocycles. The molecule has 0 atom stereocenters. The van der Waals surface area contributed by atoms with Gasteiger partial charge in [-0.25, -0.2) is 0 Å². The van der Waals surface area contributed by atoms with Crippen molar-refractivity contribution in [3.8, 4) is 0 Å². The molecule has 0 aliphatic carbocycles. The normalized spacial score (nSPS) is 9.87. The average Bonchev–Trinajstić information content (AvgIpc) is 2.64. The van der Waals surface area contributed by atoms with Gasteiger partial charge in [0.1, 0.15) is 0 Å². The van der Waals surface area contributed by atoms with Gasteiger partial charge in [0.05, 0.1) is 0 Å². The van der Waals surface area contributed by atoms with Crippen LogP contribution in [0.3, 0.4) is 0 Å². The van der Waals surface area contributed by atoms with Gasteiger partial charge in [-0.15, -0.1) is 0 Å². The molecule has 3 heteroatoms. The van der Waals surface area contributed by atoms with Crippen molar-refractivity contribution < 1.29 is 0 Å². The van der Waals surface area contributed by atoms with Gasteiger partial charge in [-0.3, -0.25) is 4.72 Å². The Bertz CT molecular complexity index is 420. The predicted molar refractivity (Wildman–Crippen MR) is 69.3 cm³/mol. The molecule has 2 nitrogen and oxygen atoms in total. The van der Waals surface area contributed by atoms with Crippen LogP contribution in [0.4, 0.5) is 0 Å². The molecule has 15 heavy (non-hydrogen) atoms. The highest BCUT2D eigenvalue weighted by Crippen LogP contribution is 2.23. The van der Waals surface area contributed by atoms with Crippen LogP contribution < -0.4 is 4.72 Å². The third-order valence-electron chi connectivity index (χ3n) is 2.08. The van der Waals surface area contributed by atoms with Crippen LogP contribution in [-0.4, -0.2) is 12.0 Å². The number of aryl methyl sites for hydroxylation is 1. The first-order valence-corrected chi connectivity index (χ1v) is 6.04. The molecule has 0 aliphatic heterocycles. The Labute approximate surface area is 95.6 Å². The fraction of sp³-hybridized carbons (Fsp3) is 0.333. The Morgan fingerprint density at radius 2 is 2.00 bits per heavy atom. The van der Waals surface area contributed by atoms with E-state index < -0.39 is 0 Å². The summed E-state index contributed by atoms with van der Waals surface area (Å²) in [5.41, 5.74) is 2.51. The summed E-state index contributed by atoms with van der Waals surface area (Å²) in [5.74, 6) is 0. The van der Waals surface area contributed by atoms with Crippen molar-refractivity contribution in [1.82, 2.24) is 9.71 Å². The van der Waals surface area contributed by atoms with E-state index in [1.807, 2.05) is 27.1 Å². The lowest BCUT2D eigenvalue weighted by molar-refractivity contribution is 1.28. The minimum absolute atomic E-state index is 1.21. The number of aromatic amines is 1. The zero-order valence-corrected chi connectivity index (χ0v) is 10.5. The third kappa shape index (κ3) is 2.76. The Morgan fingerprint density at radius 3 is 2.67 bits per heavy atom. The van der Waals surface area contributed by atoms with Crippen LogP contribution in [-0.2, 0) is 0 Å². The Hall–Kier alpha value is -0.930. The van der Waals surface area contributed by atoms with Crippen LogP contribution in [0.1, 0.15) is 19.4 Å². The van der Waals surface area contributed by atoms with Crippen molar-refractivity contribution in [2.24, 2.45) is 0 Å². The molecule has 2 N–H and O–H groups in total. The van der Waals surface area contributed by atoms with Crippen LogP contribution in [0.25, 0.3) is 10.9 Å². The van der Waals surface area contributed by atoms with Gasteiger partial charge in [0.2, 0.25) is 0 Å². The van der Waals surface area contributed by atoms with E-state index in [0.717, 1.165) is 0 Å². The minimum atomic E-state index is 1.21. The van der Waals surface area contributed by atoms with Crippen molar-refractivity contribution >= 4 is 22.9 Å². The third-order valence-corrected chi connectivity index (χ3v) is 2.77. The SMILES string of the molecule is CC.CNSc1ccc2[nH]cc(C)c2c1. The van der Waals surface area contributed by atoms with Gasteiger partial charge in [0.15, 0.2) is 0 Å². The molecule has 1 aromatic heterocycles. The second kappa shape index (κ2) is 5.83. The molecule has 0 fully saturated rings. The first kappa shape index (κ1) is 12.1. The van der Waals surface area contributed by atoms with Crippen LogP contribution >= 0.6 is 11.9 Å². The standard InChI is InChI=1S/C10H12N2S.C2H6/c1-7-6-12-10-4-3-8(13-11-2)5-9(7)10;1-2/h3-6,11-12H,1-2H3;1-2H3. The van der Waals surface area contributed by atoms with E-state index in [4.69, 9.17) is 0 Å². The summed E-state index contributed by atoms with van der Waals surface area (Å²) < 4.78 is 3.07. The van der Waals surface area contributed by atoms with E-state index in [2.05, 4.69) is 34.8 Å². The number of benzene rings is 1. The molecule has 2 aromatic rings. The molecule has 0 radical (unpaired) electrons. The number of fused-ring (bicyclic) bond motifs is 1. The number of rotatable bonds is 2. The maximum absolute atomic E-state index is 3.23. The Morgan fingerprint density at radius 1 is 1.27 bits per heavy atom. The first-order valence-electron chi connectivity index (χ1n) is 5.22. The van der Waals surface area contributed by atoms with Crippen molar-refractivity contribution in [2.45, 2.75) is 25.7 Å². The summed E-state index contributed by atoms with van der Waals surface area (Å²) in [4.78, 5) is 4.48. The van der Waals surface area contributed by atoms with Crippen molar-refractivity contribution in [1.29, 1.82) is 0 Å². The van der Waals surface area contributed by atoms with Crippen LogP contribution in [0, 0.1) is 6.92 Å². The van der Waals surface area contributed by atoms with Crippen LogP contribution in [0.5, 0.6) is 0 Å². The van der Waals surface area contributed by atoms with Crippen LogP contribution in [0.15, 0.2) is 29.3 Å². The molecule has 0 aliphatic rings. The molecule has 0 amide bonds. The monoisotopic (exact) mass is 222 g/mol. The number of H-pyrrole nitrogens is 1. The molecule has 0 bridgehead atoms. The van der Waals surface area contributed by atoms with Gasteiger partial charge in [0.25, 0.3) is 0 Å². The summed E-state index contributed by atoms with van der Waals surface area (Å²) in [6, 6.07) is 6.42. The quantitative estimate of drug-likeness (QED) is 0.758. The summed E-state index contributed by atoms with van der Waals surface area (Å²) in [6.45, 7) is 6.12. The summed E-state index contributed by atoms with van der Waals surface area (Å²) in [7, 11) is 1.93. The number of nitrogens with one attached hydrogen (secondary N) is 2. The molecule has 0 saturated heterocycles. The second-order valence-electron chi connectivity index (χ2n) is 2.99. The van der Waals surface area contributed by atoms with E-state index >= 15 is 0 Å². The predicted octanol–water partition coefficient (Wildman–Crippen LogP) is 3.73.